The highest BCUT2D eigenvalue weighted by Gasteiger charge is 1.91. The standard InChI is InChI=1S/C3H9BrN2.2BrH/c4-3(1-5)2-6;;/h3H,1-2,5-6H2;2*1H. The van der Waals surface area contributed by atoms with Crippen molar-refractivity contribution in [3.63, 3.8) is 0 Å². The summed E-state index contributed by atoms with van der Waals surface area (Å²) in [6.07, 6.45) is 0. The van der Waals surface area contributed by atoms with E-state index >= 15 is 0 Å². The Morgan fingerprint density at radius 2 is 1.38 bits per heavy atom. The summed E-state index contributed by atoms with van der Waals surface area (Å²) >= 11 is 3.23. The van der Waals surface area contributed by atoms with Crippen molar-refractivity contribution < 1.29 is 0 Å². The minimum Gasteiger partial charge on any atom is -0.329 e. The maximum atomic E-state index is 5.16. The molecule has 0 aliphatic rings. The lowest BCUT2D eigenvalue weighted by atomic mass is 10.4. The van der Waals surface area contributed by atoms with Crippen LogP contribution in [-0.4, -0.2) is 17.9 Å². The molecule has 4 N–H and O–H groups in total. The maximum absolute atomic E-state index is 5.16. The molecule has 0 saturated carbocycles. The van der Waals surface area contributed by atoms with Gasteiger partial charge >= 0.3 is 0 Å². The van der Waals surface area contributed by atoms with Gasteiger partial charge in [0.05, 0.1) is 0 Å². The van der Waals surface area contributed by atoms with Crippen LogP contribution in [0, 0.1) is 0 Å². The van der Waals surface area contributed by atoms with Gasteiger partial charge in [-0.25, -0.2) is 0 Å². The molecule has 5 heteroatoms. The Kier molecular flexibility index (Phi) is 22.6. The highest BCUT2D eigenvalue weighted by Crippen LogP contribution is 1.89. The van der Waals surface area contributed by atoms with Crippen LogP contribution in [-0.2, 0) is 0 Å². The summed E-state index contributed by atoms with van der Waals surface area (Å²) in [5, 5.41) is 0. The molecule has 0 radical (unpaired) electrons. The summed E-state index contributed by atoms with van der Waals surface area (Å²) in [5.41, 5.74) is 10.3. The van der Waals surface area contributed by atoms with Gasteiger partial charge in [-0.05, 0) is 0 Å². The topological polar surface area (TPSA) is 52.0 Å². The van der Waals surface area contributed by atoms with Crippen molar-refractivity contribution in [1.29, 1.82) is 0 Å². The van der Waals surface area contributed by atoms with E-state index in [0.29, 0.717) is 17.9 Å². The zero-order valence-electron chi connectivity index (χ0n) is 4.34. The Hall–Kier alpha value is 1.36. The fraction of sp³-hybridized carbons (Fsp3) is 1.00. The van der Waals surface area contributed by atoms with Gasteiger partial charge in [0.25, 0.3) is 0 Å². The van der Waals surface area contributed by atoms with Gasteiger partial charge in [0, 0.05) is 17.9 Å². The number of hydrogen-bond acceptors (Lipinski definition) is 2. The molecule has 0 aromatic rings. The number of hydrogen-bond donors (Lipinski definition) is 2. The molecule has 0 heterocycles. The molecule has 0 fully saturated rings. The third kappa shape index (κ3) is 10.4. The molecule has 0 bridgehead atoms. The van der Waals surface area contributed by atoms with Crippen molar-refractivity contribution in [1.82, 2.24) is 0 Å². The van der Waals surface area contributed by atoms with Crippen LogP contribution in [0.25, 0.3) is 0 Å². The van der Waals surface area contributed by atoms with Crippen LogP contribution in [0.3, 0.4) is 0 Å². The van der Waals surface area contributed by atoms with Crippen LogP contribution in [0.5, 0.6) is 0 Å². The van der Waals surface area contributed by atoms with Crippen LogP contribution < -0.4 is 11.5 Å². The summed E-state index contributed by atoms with van der Waals surface area (Å²) < 4.78 is 0. The second kappa shape index (κ2) is 11.2. The van der Waals surface area contributed by atoms with E-state index in [1.807, 2.05) is 0 Å². The molecule has 8 heavy (non-hydrogen) atoms. The molecule has 0 aliphatic heterocycles. The average Bonchev–Trinajstić information content (AvgIpc) is 1.65. The molecular weight excluding hydrogens is 304 g/mol. The predicted molar refractivity (Wildman–Crippen MR) is 51.5 cm³/mol. The maximum Gasteiger partial charge on any atom is 0.0390 e. The summed E-state index contributed by atoms with van der Waals surface area (Å²) in [7, 11) is 0. The first kappa shape index (κ1) is 16.2. The number of halogens is 3. The molecule has 0 amide bonds. The third-order valence-electron chi connectivity index (χ3n) is 0.512. The molecule has 54 valence electrons. The quantitative estimate of drug-likeness (QED) is 0.742. The average molecular weight is 315 g/mol. The van der Waals surface area contributed by atoms with Crippen molar-refractivity contribution in [3.05, 3.63) is 0 Å². The normalized spacial score (nSPS) is 7.50. The molecular formula is C3H11Br3N2. The minimum absolute atomic E-state index is 0. The lowest BCUT2D eigenvalue weighted by molar-refractivity contribution is 0.877. The fourth-order valence-corrected chi connectivity index (χ4v) is 0.0962. The van der Waals surface area contributed by atoms with Crippen molar-refractivity contribution >= 4 is 49.9 Å². The fourth-order valence-electron chi connectivity index (χ4n) is 0.0962. The van der Waals surface area contributed by atoms with Crippen molar-refractivity contribution in [2.45, 2.75) is 4.83 Å². The van der Waals surface area contributed by atoms with Gasteiger partial charge in [0.1, 0.15) is 0 Å². The predicted octanol–water partition coefficient (Wildman–Crippen LogP) is 0.823. The summed E-state index contributed by atoms with van der Waals surface area (Å²) in [4.78, 5) is 0.303. The van der Waals surface area contributed by atoms with Crippen LogP contribution in [0.1, 0.15) is 0 Å². The van der Waals surface area contributed by atoms with Crippen LogP contribution in [0.4, 0.5) is 0 Å². The zero-order chi connectivity index (χ0) is 4.99. The molecule has 0 rings (SSSR count). The Labute approximate surface area is 79.0 Å². The van der Waals surface area contributed by atoms with Crippen LogP contribution >= 0.6 is 49.9 Å². The Morgan fingerprint density at radius 1 is 1.12 bits per heavy atom. The van der Waals surface area contributed by atoms with E-state index in [-0.39, 0.29) is 34.0 Å². The first-order valence-corrected chi connectivity index (χ1v) is 2.77. The van der Waals surface area contributed by atoms with Gasteiger partial charge in [-0.2, -0.15) is 0 Å². The Balaban J connectivity index is -0.000000125. The number of nitrogens with two attached hydrogens (primary N) is 2. The lowest BCUT2D eigenvalue weighted by Crippen LogP contribution is -2.22. The molecule has 0 spiro atoms. The first-order valence-electron chi connectivity index (χ1n) is 1.85. The third-order valence-corrected chi connectivity index (χ3v) is 1.26. The van der Waals surface area contributed by atoms with Gasteiger partial charge in [-0.15, -0.1) is 34.0 Å². The molecule has 0 aromatic carbocycles. The summed E-state index contributed by atoms with van der Waals surface area (Å²) in [5.74, 6) is 0. The zero-order valence-corrected chi connectivity index (χ0v) is 9.35. The van der Waals surface area contributed by atoms with Gasteiger partial charge in [0.15, 0.2) is 0 Å². The second-order valence-electron chi connectivity index (χ2n) is 1.07. The number of alkyl halides is 1. The molecule has 0 atom stereocenters. The first-order chi connectivity index (χ1) is 2.81. The van der Waals surface area contributed by atoms with Crippen molar-refractivity contribution in [2.24, 2.45) is 11.5 Å². The highest BCUT2D eigenvalue weighted by molar-refractivity contribution is 9.09. The molecule has 0 saturated heterocycles. The lowest BCUT2D eigenvalue weighted by Gasteiger charge is -1.96. The van der Waals surface area contributed by atoms with Gasteiger partial charge in [-0.1, -0.05) is 15.9 Å². The largest absolute Gasteiger partial charge is 0.329 e. The molecule has 2 nitrogen and oxygen atoms in total. The minimum atomic E-state index is 0. The second-order valence-corrected chi connectivity index (χ2v) is 2.36. The van der Waals surface area contributed by atoms with E-state index in [1.165, 1.54) is 0 Å². The van der Waals surface area contributed by atoms with Crippen molar-refractivity contribution in [2.75, 3.05) is 13.1 Å². The van der Waals surface area contributed by atoms with E-state index in [1.54, 1.807) is 0 Å². The molecule has 0 aliphatic carbocycles. The molecule has 0 unspecified atom stereocenters. The van der Waals surface area contributed by atoms with E-state index in [9.17, 15) is 0 Å². The van der Waals surface area contributed by atoms with Gasteiger partial charge in [0.2, 0.25) is 0 Å². The van der Waals surface area contributed by atoms with Crippen LogP contribution in [0.15, 0.2) is 0 Å². The van der Waals surface area contributed by atoms with Crippen molar-refractivity contribution in [3.8, 4) is 0 Å². The monoisotopic (exact) mass is 312 g/mol. The Morgan fingerprint density at radius 3 is 1.38 bits per heavy atom. The van der Waals surface area contributed by atoms with Gasteiger partial charge in [-0.3, -0.25) is 0 Å². The van der Waals surface area contributed by atoms with E-state index in [4.69, 9.17) is 11.5 Å². The van der Waals surface area contributed by atoms with E-state index < -0.39 is 0 Å². The van der Waals surface area contributed by atoms with Gasteiger partial charge < -0.3 is 11.5 Å². The smallest absolute Gasteiger partial charge is 0.0390 e. The highest BCUT2D eigenvalue weighted by atomic mass is 79.9. The van der Waals surface area contributed by atoms with E-state index in [2.05, 4.69) is 15.9 Å². The van der Waals surface area contributed by atoms with Crippen LogP contribution in [0.2, 0.25) is 0 Å². The molecule has 0 aromatic heterocycles. The van der Waals surface area contributed by atoms with E-state index in [0.717, 1.165) is 0 Å². The summed E-state index contributed by atoms with van der Waals surface area (Å²) in [6.45, 7) is 1.24. The number of rotatable bonds is 2. The SMILES string of the molecule is Br.Br.NCC(Br)CN. The Bertz CT molecular complexity index is 31.7. The summed E-state index contributed by atoms with van der Waals surface area (Å²) in [6, 6.07) is 0.